The van der Waals surface area contributed by atoms with E-state index >= 15 is 0 Å². The van der Waals surface area contributed by atoms with Crippen LogP contribution in [0.5, 0.6) is 0 Å². The molecule has 0 aliphatic rings. The van der Waals surface area contributed by atoms with Crippen molar-refractivity contribution in [2.75, 3.05) is 27.4 Å². The van der Waals surface area contributed by atoms with E-state index in [4.69, 9.17) is 14.6 Å². The van der Waals surface area contributed by atoms with E-state index < -0.39 is 27.3 Å². The molecule has 8 heteroatoms. The van der Waals surface area contributed by atoms with Crippen LogP contribution in [-0.2, 0) is 24.3 Å². The Morgan fingerprint density at radius 2 is 2.00 bits per heavy atom. The van der Waals surface area contributed by atoms with Gasteiger partial charge in [-0.2, -0.15) is 0 Å². The van der Waals surface area contributed by atoms with Crippen LogP contribution in [0.3, 0.4) is 0 Å². The van der Waals surface area contributed by atoms with E-state index in [0.29, 0.717) is 0 Å². The van der Waals surface area contributed by atoms with Crippen molar-refractivity contribution in [3.63, 3.8) is 0 Å². The smallest absolute Gasteiger partial charge is 0.323 e. The molecule has 96 valence electrons. The maximum atomic E-state index is 11.4. The Hall–Kier alpha value is -0.700. The van der Waals surface area contributed by atoms with Gasteiger partial charge in [-0.15, -0.1) is 0 Å². The van der Waals surface area contributed by atoms with Gasteiger partial charge in [-0.1, -0.05) is 0 Å². The summed E-state index contributed by atoms with van der Waals surface area (Å²) in [6.45, 7) is 1.30. The number of hydrogen-bond acceptors (Lipinski definition) is 5. The summed E-state index contributed by atoms with van der Waals surface area (Å²) >= 11 is 0. The summed E-state index contributed by atoms with van der Waals surface area (Å²) in [6.07, 6.45) is -0.444. The molecule has 0 aromatic rings. The molecule has 0 aliphatic heterocycles. The predicted octanol–water partition coefficient (Wildman–Crippen LogP) is -0.960. The molecule has 7 nitrogen and oxygen atoms in total. The Morgan fingerprint density at radius 3 is 2.38 bits per heavy atom. The molecule has 0 fully saturated rings. The quantitative estimate of drug-likeness (QED) is 0.579. The molecule has 0 aromatic heterocycles. The molecule has 2 atom stereocenters. The summed E-state index contributed by atoms with van der Waals surface area (Å²) < 4.78 is 34.7. The Bertz CT molecular complexity index is 314. The van der Waals surface area contributed by atoms with Gasteiger partial charge in [0.2, 0.25) is 10.0 Å². The normalized spacial score (nSPS) is 15.7. The van der Waals surface area contributed by atoms with Gasteiger partial charge in [-0.05, 0) is 6.92 Å². The van der Waals surface area contributed by atoms with Crippen LogP contribution in [0.1, 0.15) is 6.92 Å². The van der Waals surface area contributed by atoms with E-state index in [9.17, 15) is 13.2 Å². The second-order valence-electron chi connectivity index (χ2n) is 3.19. The summed E-state index contributed by atoms with van der Waals surface area (Å²) in [5, 5.41) is 7.08. The van der Waals surface area contributed by atoms with Crippen molar-refractivity contribution < 1.29 is 27.8 Å². The summed E-state index contributed by atoms with van der Waals surface area (Å²) in [5.41, 5.74) is 0. The molecule has 0 radical (unpaired) electrons. The summed E-state index contributed by atoms with van der Waals surface area (Å²) in [7, 11) is -0.994. The Balaban J connectivity index is 4.33. The van der Waals surface area contributed by atoms with Crippen molar-refractivity contribution in [3.05, 3.63) is 0 Å². The van der Waals surface area contributed by atoms with Crippen molar-refractivity contribution in [2.45, 2.75) is 18.3 Å². The zero-order valence-electron chi connectivity index (χ0n) is 9.47. The van der Waals surface area contributed by atoms with Gasteiger partial charge in [-0.3, -0.25) is 4.79 Å². The summed E-state index contributed by atoms with van der Waals surface area (Å²) in [6, 6.07) is 0. The highest BCUT2D eigenvalue weighted by molar-refractivity contribution is 7.90. The highest BCUT2D eigenvalue weighted by Gasteiger charge is 2.27. The average Bonchev–Trinajstić information content (AvgIpc) is 2.22. The third kappa shape index (κ3) is 4.88. The van der Waals surface area contributed by atoms with E-state index in [-0.39, 0.29) is 13.2 Å². The zero-order valence-corrected chi connectivity index (χ0v) is 10.3. The Morgan fingerprint density at radius 1 is 1.44 bits per heavy atom. The molecule has 0 bridgehead atoms. The number of hydrogen-bond donors (Lipinski definition) is 2. The molecule has 0 amide bonds. The van der Waals surface area contributed by atoms with Gasteiger partial charge in [0, 0.05) is 20.8 Å². The zero-order chi connectivity index (χ0) is 12.8. The maximum absolute atomic E-state index is 11.4. The molecule has 0 saturated heterocycles. The summed E-state index contributed by atoms with van der Waals surface area (Å²) in [4.78, 5) is 10.5. The standard InChI is InChI=1S/C8H17NO6S/c1-6(8(10)11)16(12,13)9-4-7(15-3)5-14-2/h6-7,9H,4-5H2,1-3H3,(H,10,11). The third-order valence-electron chi connectivity index (χ3n) is 2.01. The lowest BCUT2D eigenvalue weighted by molar-refractivity contribution is -0.136. The summed E-state index contributed by atoms with van der Waals surface area (Å²) in [5.74, 6) is -1.40. The van der Waals surface area contributed by atoms with Crippen molar-refractivity contribution in [1.82, 2.24) is 4.72 Å². The number of carbonyl (C=O) groups is 1. The molecule has 16 heavy (non-hydrogen) atoms. The van der Waals surface area contributed by atoms with Gasteiger partial charge in [0.05, 0.1) is 12.7 Å². The minimum Gasteiger partial charge on any atom is -0.480 e. The van der Waals surface area contributed by atoms with Gasteiger partial charge in [0.1, 0.15) is 0 Å². The van der Waals surface area contributed by atoms with Gasteiger partial charge in [0.15, 0.2) is 5.25 Å². The van der Waals surface area contributed by atoms with Crippen molar-refractivity contribution >= 4 is 16.0 Å². The number of sulfonamides is 1. The number of methoxy groups -OCH3 is 2. The van der Waals surface area contributed by atoms with Gasteiger partial charge in [0.25, 0.3) is 0 Å². The maximum Gasteiger partial charge on any atom is 0.323 e. The lowest BCUT2D eigenvalue weighted by Crippen LogP contribution is -2.42. The first kappa shape index (κ1) is 15.3. The van der Waals surface area contributed by atoms with E-state index in [1.165, 1.54) is 14.2 Å². The minimum atomic E-state index is -3.87. The lowest BCUT2D eigenvalue weighted by Gasteiger charge is -2.16. The van der Waals surface area contributed by atoms with Crippen LogP contribution >= 0.6 is 0 Å². The number of rotatable bonds is 8. The first-order valence-electron chi connectivity index (χ1n) is 4.58. The molecule has 0 spiro atoms. The van der Waals surface area contributed by atoms with Gasteiger partial charge in [-0.25, -0.2) is 13.1 Å². The first-order chi connectivity index (χ1) is 7.35. The Labute approximate surface area is 94.8 Å². The van der Waals surface area contributed by atoms with E-state index in [1.54, 1.807) is 0 Å². The topological polar surface area (TPSA) is 102 Å². The SMILES string of the molecule is COCC(CNS(=O)(=O)C(C)C(=O)O)OC. The number of ether oxygens (including phenoxy) is 2. The molecule has 0 aliphatic carbocycles. The molecular weight excluding hydrogens is 238 g/mol. The molecule has 0 aromatic carbocycles. The largest absolute Gasteiger partial charge is 0.480 e. The molecular formula is C8H17NO6S. The van der Waals surface area contributed by atoms with Crippen molar-refractivity contribution in [2.24, 2.45) is 0 Å². The van der Waals surface area contributed by atoms with Crippen molar-refractivity contribution in [3.8, 4) is 0 Å². The predicted molar refractivity (Wildman–Crippen MR) is 56.7 cm³/mol. The van der Waals surface area contributed by atoms with Crippen LogP contribution in [0.4, 0.5) is 0 Å². The number of carboxylic acid groups (broad SMARTS) is 1. The van der Waals surface area contributed by atoms with E-state index in [1.807, 2.05) is 0 Å². The van der Waals surface area contributed by atoms with E-state index in [0.717, 1.165) is 6.92 Å². The highest BCUT2D eigenvalue weighted by Crippen LogP contribution is 1.99. The number of carboxylic acids is 1. The molecule has 0 saturated carbocycles. The lowest BCUT2D eigenvalue weighted by atomic mass is 10.4. The fraction of sp³-hybridized carbons (Fsp3) is 0.875. The van der Waals surface area contributed by atoms with Crippen molar-refractivity contribution in [1.29, 1.82) is 0 Å². The van der Waals surface area contributed by atoms with Crippen LogP contribution in [0.2, 0.25) is 0 Å². The molecule has 0 heterocycles. The monoisotopic (exact) mass is 255 g/mol. The Kier molecular flexibility index (Phi) is 6.49. The average molecular weight is 255 g/mol. The molecule has 2 unspecified atom stereocenters. The number of nitrogens with one attached hydrogen (secondary N) is 1. The molecule has 0 rings (SSSR count). The van der Waals surface area contributed by atoms with Crippen LogP contribution in [0.15, 0.2) is 0 Å². The number of aliphatic carboxylic acids is 1. The minimum absolute atomic E-state index is 0.0235. The van der Waals surface area contributed by atoms with Crippen LogP contribution < -0.4 is 4.72 Å². The fourth-order valence-electron chi connectivity index (χ4n) is 0.863. The fourth-order valence-corrected chi connectivity index (χ4v) is 1.80. The second kappa shape index (κ2) is 6.79. The van der Waals surface area contributed by atoms with Gasteiger partial charge < -0.3 is 14.6 Å². The van der Waals surface area contributed by atoms with Crippen LogP contribution in [0.25, 0.3) is 0 Å². The second-order valence-corrected chi connectivity index (χ2v) is 5.27. The first-order valence-corrected chi connectivity index (χ1v) is 6.12. The third-order valence-corrected chi connectivity index (χ3v) is 3.71. The van der Waals surface area contributed by atoms with Crippen LogP contribution in [-0.4, -0.2) is 58.2 Å². The molecule has 2 N–H and O–H groups in total. The van der Waals surface area contributed by atoms with Gasteiger partial charge >= 0.3 is 5.97 Å². The highest BCUT2D eigenvalue weighted by atomic mass is 32.2. The van der Waals surface area contributed by atoms with E-state index in [2.05, 4.69) is 4.72 Å². The van der Waals surface area contributed by atoms with Crippen LogP contribution in [0, 0.1) is 0 Å².